The number of sulfonamides is 1. The number of fused-ring (bicyclic) bond motifs is 1. The smallest absolute Gasteiger partial charge is 0.253 e. The lowest BCUT2D eigenvalue weighted by molar-refractivity contribution is -0.140. The number of anilines is 1. The van der Waals surface area contributed by atoms with E-state index in [1.807, 2.05) is 38.7 Å². The highest BCUT2D eigenvalue weighted by Crippen LogP contribution is 2.35. The van der Waals surface area contributed by atoms with Crippen molar-refractivity contribution in [3.8, 4) is 0 Å². The number of benzene rings is 1. The van der Waals surface area contributed by atoms with Gasteiger partial charge in [-0.25, -0.2) is 8.42 Å². The molecule has 1 aromatic carbocycles. The van der Waals surface area contributed by atoms with E-state index in [9.17, 15) is 18.0 Å². The zero-order chi connectivity index (χ0) is 20.9. The van der Waals surface area contributed by atoms with Gasteiger partial charge in [0.05, 0.1) is 11.9 Å². The summed E-state index contributed by atoms with van der Waals surface area (Å²) in [4.78, 5) is 28.9. The van der Waals surface area contributed by atoms with Gasteiger partial charge >= 0.3 is 0 Å². The minimum absolute atomic E-state index is 0.0730. The van der Waals surface area contributed by atoms with Crippen molar-refractivity contribution in [1.82, 2.24) is 9.80 Å². The molecule has 0 aromatic heterocycles. The van der Waals surface area contributed by atoms with E-state index in [1.165, 1.54) is 10.6 Å². The second-order valence-electron chi connectivity index (χ2n) is 8.79. The van der Waals surface area contributed by atoms with Crippen LogP contribution in [0.2, 0.25) is 0 Å². The Morgan fingerprint density at radius 2 is 1.61 bits per heavy atom. The van der Waals surface area contributed by atoms with E-state index in [0.29, 0.717) is 43.9 Å². The molecule has 1 aromatic rings. The number of carbonyl (C=O) groups is 2. The molecule has 2 amide bonds. The van der Waals surface area contributed by atoms with Gasteiger partial charge in [0.25, 0.3) is 5.91 Å². The molecule has 1 saturated heterocycles. The highest BCUT2D eigenvalue weighted by Gasteiger charge is 2.34. The van der Waals surface area contributed by atoms with E-state index < -0.39 is 15.4 Å². The third kappa shape index (κ3) is 3.87. The lowest BCUT2D eigenvalue weighted by Crippen LogP contribution is -2.53. The Bertz CT molecular complexity index is 897. The van der Waals surface area contributed by atoms with Crippen molar-refractivity contribution in [2.24, 2.45) is 5.41 Å². The predicted molar refractivity (Wildman–Crippen MR) is 109 cm³/mol. The van der Waals surface area contributed by atoms with Crippen LogP contribution in [0.3, 0.4) is 0 Å². The summed E-state index contributed by atoms with van der Waals surface area (Å²) in [6.07, 6.45) is 1.80. The second kappa shape index (κ2) is 7.06. The first-order valence-electron chi connectivity index (χ1n) is 9.60. The van der Waals surface area contributed by atoms with E-state index in [2.05, 4.69) is 0 Å². The van der Waals surface area contributed by atoms with Crippen LogP contribution in [0.1, 0.15) is 43.6 Å². The number of hydrogen-bond donors (Lipinski definition) is 0. The molecule has 0 radical (unpaired) electrons. The fourth-order valence-electron chi connectivity index (χ4n) is 4.01. The van der Waals surface area contributed by atoms with Gasteiger partial charge in [-0.3, -0.25) is 13.9 Å². The normalized spacial score (nSPS) is 20.3. The second-order valence-corrected chi connectivity index (χ2v) is 10.6. The van der Waals surface area contributed by atoms with Crippen LogP contribution in [0.4, 0.5) is 5.69 Å². The van der Waals surface area contributed by atoms with Gasteiger partial charge in [-0.1, -0.05) is 20.8 Å². The van der Waals surface area contributed by atoms with Crippen molar-refractivity contribution in [3.05, 3.63) is 29.3 Å². The summed E-state index contributed by atoms with van der Waals surface area (Å²) >= 11 is 0. The van der Waals surface area contributed by atoms with Crippen molar-refractivity contribution in [2.45, 2.75) is 40.2 Å². The Morgan fingerprint density at radius 1 is 1.04 bits per heavy atom. The summed E-state index contributed by atoms with van der Waals surface area (Å²) in [5, 5.41) is 0. The fraction of sp³-hybridized carbons (Fsp3) is 0.600. The average Bonchev–Trinajstić information content (AvgIpc) is 2.94. The Kier molecular flexibility index (Phi) is 5.20. The van der Waals surface area contributed by atoms with Crippen LogP contribution in [0.15, 0.2) is 18.2 Å². The predicted octanol–water partition coefficient (Wildman–Crippen LogP) is 1.73. The standard InChI is InChI=1S/C20H29N3O4S/c1-14-12-16-13-15(6-7-17(16)23(14)28(5,26)27)18(24)21-8-10-22(11-9-21)19(25)20(2,3)4/h6-7,13-14H,8-12H2,1-5H3. The van der Waals surface area contributed by atoms with Gasteiger partial charge in [0.2, 0.25) is 15.9 Å². The van der Waals surface area contributed by atoms with Crippen molar-refractivity contribution in [3.63, 3.8) is 0 Å². The maximum atomic E-state index is 12.9. The SMILES string of the molecule is CC1Cc2cc(C(=O)N3CCN(C(=O)C(C)(C)C)CC3)ccc2N1S(C)(=O)=O. The summed E-state index contributed by atoms with van der Waals surface area (Å²) in [6, 6.07) is 5.09. The third-order valence-electron chi connectivity index (χ3n) is 5.33. The lowest BCUT2D eigenvalue weighted by Gasteiger charge is -2.37. The highest BCUT2D eigenvalue weighted by atomic mass is 32.2. The highest BCUT2D eigenvalue weighted by molar-refractivity contribution is 7.92. The number of carbonyl (C=O) groups excluding carboxylic acids is 2. The molecule has 1 fully saturated rings. The number of piperazine rings is 1. The molecule has 2 aliphatic rings. The molecular weight excluding hydrogens is 378 g/mol. The molecule has 1 atom stereocenters. The molecule has 7 nitrogen and oxygen atoms in total. The Morgan fingerprint density at radius 3 is 2.14 bits per heavy atom. The quantitative estimate of drug-likeness (QED) is 0.748. The Hall–Kier alpha value is -2.09. The zero-order valence-corrected chi connectivity index (χ0v) is 18.0. The summed E-state index contributed by atoms with van der Waals surface area (Å²) in [5.41, 5.74) is 1.68. The van der Waals surface area contributed by atoms with Gasteiger partial charge in [0.15, 0.2) is 0 Å². The average molecular weight is 408 g/mol. The number of rotatable bonds is 2. The molecule has 0 saturated carbocycles. The Balaban J connectivity index is 1.72. The summed E-state index contributed by atoms with van der Waals surface area (Å²) < 4.78 is 25.5. The lowest BCUT2D eigenvalue weighted by atomic mass is 9.94. The van der Waals surface area contributed by atoms with Crippen LogP contribution < -0.4 is 4.31 Å². The Labute approximate surface area is 167 Å². The first-order chi connectivity index (χ1) is 12.9. The monoisotopic (exact) mass is 407 g/mol. The number of hydrogen-bond acceptors (Lipinski definition) is 4. The molecule has 28 heavy (non-hydrogen) atoms. The minimum Gasteiger partial charge on any atom is -0.339 e. The molecule has 0 N–H and O–H groups in total. The summed E-state index contributed by atoms with van der Waals surface area (Å²) in [5.74, 6) is 0.0306. The van der Waals surface area contributed by atoms with Crippen LogP contribution in [0, 0.1) is 5.41 Å². The van der Waals surface area contributed by atoms with Crippen LogP contribution in [-0.2, 0) is 21.2 Å². The molecule has 2 heterocycles. The molecule has 1 unspecified atom stereocenters. The topological polar surface area (TPSA) is 78.0 Å². The minimum atomic E-state index is -3.34. The van der Waals surface area contributed by atoms with Gasteiger partial charge in [-0.15, -0.1) is 0 Å². The molecule has 3 rings (SSSR count). The first-order valence-corrected chi connectivity index (χ1v) is 11.5. The van der Waals surface area contributed by atoms with E-state index in [4.69, 9.17) is 0 Å². The van der Waals surface area contributed by atoms with E-state index in [0.717, 1.165) is 5.56 Å². The van der Waals surface area contributed by atoms with Gasteiger partial charge in [-0.2, -0.15) is 0 Å². The molecular formula is C20H29N3O4S. The van der Waals surface area contributed by atoms with Crippen molar-refractivity contribution in [1.29, 1.82) is 0 Å². The molecule has 0 aliphatic carbocycles. The van der Waals surface area contributed by atoms with Crippen molar-refractivity contribution in [2.75, 3.05) is 36.7 Å². The summed E-state index contributed by atoms with van der Waals surface area (Å²) in [7, 11) is -3.34. The fourth-order valence-corrected chi connectivity index (χ4v) is 5.27. The van der Waals surface area contributed by atoms with Crippen molar-refractivity contribution >= 4 is 27.5 Å². The molecule has 0 bridgehead atoms. The maximum absolute atomic E-state index is 12.9. The molecule has 154 valence electrons. The first kappa shape index (κ1) is 20.6. The maximum Gasteiger partial charge on any atom is 0.253 e. The summed E-state index contributed by atoms with van der Waals surface area (Å²) in [6.45, 7) is 9.65. The number of nitrogens with zero attached hydrogens (tertiary/aromatic N) is 3. The van der Waals surface area contributed by atoms with Crippen LogP contribution in [0.5, 0.6) is 0 Å². The van der Waals surface area contributed by atoms with Gasteiger partial charge in [0, 0.05) is 43.2 Å². The molecule has 0 spiro atoms. The van der Waals surface area contributed by atoms with Gasteiger partial charge in [-0.05, 0) is 37.1 Å². The largest absolute Gasteiger partial charge is 0.339 e. The van der Waals surface area contributed by atoms with Gasteiger partial charge < -0.3 is 9.80 Å². The van der Waals surface area contributed by atoms with Crippen LogP contribution in [-0.4, -0.2) is 68.5 Å². The van der Waals surface area contributed by atoms with Crippen LogP contribution >= 0.6 is 0 Å². The zero-order valence-electron chi connectivity index (χ0n) is 17.2. The van der Waals surface area contributed by atoms with Crippen molar-refractivity contribution < 1.29 is 18.0 Å². The van der Waals surface area contributed by atoms with E-state index in [1.54, 1.807) is 17.0 Å². The molecule has 2 aliphatic heterocycles. The van der Waals surface area contributed by atoms with Crippen LogP contribution in [0.25, 0.3) is 0 Å². The van der Waals surface area contributed by atoms with E-state index in [-0.39, 0.29) is 17.9 Å². The third-order valence-corrected chi connectivity index (χ3v) is 6.60. The number of amides is 2. The van der Waals surface area contributed by atoms with Gasteiger partial charge in [0.1, 0.15) is 0 Å². The van der Waals surface area contributed by atoms with E-state index >= 15 is 0 Å². The molecule has 8 heteroatoms.